The van der Waals surface area contributed by atoms with E-state index >= 15 is 0 Å². The van der Waals surface area contributed by atoms with Crippen LogP contribution in [0.3, 0.4) is 0 Å². The molecule has 1 rings (SSSR count). The summed E-state index contributed by atoms with van der Waals surface area (Å²) in [5.41, 5.74) is 12.2. The molecule has 68 valence electrons. The second kappa shape index (κ2) is 4.15. The van der Waals surface area contributed by atoms with Crippen LogP contribution in [0, 0.1) is 11.4 Å². The zero-order chi connectivity index (χ0) is 8.97. The van der Waals surface area contributed by atoms with Crippen LogP contribution in [0.1, 0.15) is 12.8 Å². The maximum Gasteiger partial charge on any atom is 0.128 e. The lowest BCUT2D eigenvalue weighted by molar-refractivity contribution is 0.246. The molecule has 1 saturated heterocycles. The standard InChI is InChI=1S/C7H15N5/c1-12-4-2-3-6(5-12)7(8)10-11-9/h6H,2-5H2,1H3,(H3,8,9,10). The Hall–Kier alpha value is -0.970. The van der Waals surface area contributed by atoms with Gasteiger partial charge in [0.2, 0.25) is 0 Å². The smallest absolute Gasteiger partial charge is 0.128 e. The highest BCUT2D eigenvalue weighted by molar-refractivity contribution is 5.82. The summed E-state index contributed by atoms with van der Waals surface area (Å²) in [6, 6.07) is 0. The average Bonchev–Trinajstić information content (AvgIpc) is 2.05. The largest absolute Gasteiger partial charge is 0.385 e. The van der Waals surface area contributed by atoms with Crippen molar-refractivity contribution in [1.29, 1.82) is 5.53 Å². The Morgan fingerprint density at radius 2 is 2.42 bits per heavy atom. The summed E-state index contributed by atoms with van der Waals surface area (Å²) >= 11 is 0. The van der Waals surface area contributed by atoms with Gasteiger partial charge >= 0.3 is 0 Å². The van der Waals surface area contributed by atoms with E-state index in [4.69, 9.17) is 11.3 Å². The third-order valence-corrected chi connectivity index (χ3v) is 2.21. The van der Waals surface area contributed by atoms with E-state index in [2.05, 4.69) is 22.3 Å². The SMILES string of the molecule is CN1CCCC(C(N)=NN=N)C1. The summed E-state index contributed by atoms with van der Waals surface area (Å²) in [5, 5.41) is 6.47. The molecule has 1 unspecified atom stereocenters. The van der Waals surface area contributed by atoms with Gasteiger partial charge in [-0.15, -0.1) is 5.10 Å². The molecular formula is C7H15N5. The first-order chi connectivity index (χ1) is 5.74. The first kappa shape index (κ1) is 9.12. The zero-order valence-electron chi connectivity index (χ0n) is 7.32. The fraction of sp³-hybridized carbons (Fsp3) is 0.857. The van der Waals surface area contributed by atoms with Crippen LogP contribution >= 0.6 is 0 Å². The first-order valence-corrected chi connectivity index (χ1v) is 4.12. The van der Waals surface area contributed by atoms with E-state index < -0.39 is 0 Å². The van der Waals surface area contributed by atoms with Crippen LogP contribution in [-0.4, -0.2) is 30.9 Å². The van der Waals surface area contributed by atoms with Gasteiger partial charge in [-0.1, -0.05) is 5.22 Å². The molecule has 0 spiro atoms. The topological polar surface area (TPSA) is 77.8 Å². The number of likely N-dealkylation sites (tertiary alicyclic amines) is 1. The Morgan fingerprint density at radius 1 is 1.67 bits per heavy atom. The van der Waals surface area contributed by atoms with E-state index in [1.165, 1.54) is 0 Å². The minimum atomic E-state index is 0.290. The molecule has 5 heteroatoms. The quantitative estimate of drug-likeness (QED) is 0.275. The normalized spacial score (nSPS) is 27.1. The lowest BCUT2D eigenvalue weighted by Gasteiger charge is -2.28. The Bertz CT molecular complexity index is 188. The van der Waals surface area contributed by atoms with Crippen molar-refractivity contribution in [2.75, 3.05) is 20.1 Å². The third-order valence-electron chi connectivity index (χ3n) is 2.21. The summed E-state index contributed by atoms with van der Waals surface area (Å²) in [6.45, 7) is 2.06. The van der Waals surface area contributed by atoms with E-state index in [0.717, 1.165) is 25.9 Å². The maximum absolute atomic E-state index is 6.55. The fourth-order valence-electron chi connectivity index (χ4n) is 1.55. The molecule has 0 amide bonds. The summed E-state index contributed by atoms with van der Waals surface area (Å²) in [5.74, 6) is 0.786. The van der Waals surface area contributed by atoms with Gasteiger partial charge in [0, 0.05) is 12.5 Å². The Labute approximate surface area is 72.1 Å². The first-order valence-electron chi connectivity index (χ1n) is 4.12. The van der Waals surface area contributed by atoms with Gasteiger partial charge in [-0.05, 0) is 26.4 Å². The van der Waals surface area contributed by atoms with Crippen molar-refractivity contribution in [3.8, 4) is 0 Å². The lowest BCUT2D eigenvalue weighted by atomic mass is 9.98. The van der Waals surface area contributed by atoms with Gasteiger partial charge in [0.05, 0.1) is 0 Å². The van der Waals surface area contributed by atoms with Gasteiger partial charge in [-0.3, -0.25) is 0 Å². The summed E-state index contributed by atoms with van der Waals surface area (Å²) in [4.78, 5) is 2.22. The number of piperidine rings is 1. The van der Waals surface area contributed by atoms with Crippen molar-refractivity contribution < 1.29 is 0 Å². The predicted molar refractivity (Wildman–Crippen MR) is 47.0 cm³/mol. The van der Waals surface area contributed by atoms with Crippen LogP contribution in [0.5, 0.6) is 0 Å². The van der Waals surface area contributed by atoms with Crippen molar-refractivity contribution in [2.45, 2.75) is 12.8 Å². The molecule has 0 aromatic rings. The van der Waals surface area contributed by atoms with E-state index in [0.29, 0.717) is 5.84 Å². The summed E-state index contributed by atoms with van der Waals surface area (Å²) < 4.78 is 0. The van der Waals surface area contributed by atoms with E-state index in [1.807, 2.05) is 0 Å². The Balaban J connectivity index is 2.50. The highest BCUT2D eigenvalue weighted by atomic mass is 15.3. The van der Waals surface area contributed by atoms with Gasteiger partial charge < -0.3 is 10.6 Å². The Morgan fingerprint density at radius 3 is 3.00 bits per heavy atom. The molecule has 0 radical (unpaired) electrons. The van der Waals surface area contributed by atoms with Gasteiger partial charge in [0.15, 0.2) is 0 Å². The van der Waals surface area contributed by atoms with Crippen molar-refractivity contribution in [1.82, 2.24) is 4.90 Å². The van der Waals surface area contributed by atoms with E-state index in [-0.39, 0.29) is 5.92 Å². The number of rotatable bonds is 2. The third kappa shape index (κ3) is 2.27. The zero-order valence-corrected chi connectivity index (χ0v) is 7.32. The maximum atomic E-state index is 6.55. The van der Waals surface area contributed by atoms with Crippen LogP contribution in [0.25, 0.3) is 0 Å². The van der Waals surface area contributed by atoms with Crippen LogP contribution < -0.4 is 5.73 Å². The molecule has 0 aliphatic carbocycles. The van der Waals surface area contributed by atoms with E-state index in [1.54, 1.807) is 0 Å². The number of nitrogens with two attached hydrogens (primary N) is 1. The molecule has 0 aromatic heterocycles. The van der Waals surface area contributed by atoms with Crippen LogP contribution in [-0.2, 0) is 0 Å². The monoisotopic (exact) mass is 169 g/mol. The molecule has 1 aliphatic heterocycles. The molecule has 0 saturated carbocycles. The molecule has 3 N–H and O–H groups in total. The number of nitrogens with one attached hydrogen (secondary N) is 1. The predicted octanol–water partition coefficient (Wildman–Crippen LogP) is 0.631. The molecular weight excluding hydrogens is 154 g/mol. The number of hydrogen-bond acceptors (Lipinski definition) is 3. The van der Waals surface area contributed by atoms with Crippen molar-refractivity contribution in [2.24, 2.45) is 22.0 Å². The van der Waals surface area contributed by atoms with Gasteiger partial charge in [-0.2, -0.15) is 5.53 Å². The summed E-state index contributed by atoms with van der Waals surface area (Å²) in [6.07, 6.45) is 2.21. The lowest BCUT2D eigenvalue weighted by Crippen LogP contribution is -2.38. The van der Waals surface area contributed by atoms with Crippen molar-refractivity contribution >= 4 is 5.84 Å². The molecule has 5 nitrogen and oxygen atoms in total. The van der Waals surface area contributed by atoms with Crippen LogP contribution in [0.15, 0.2) is 10.3 Å². The number of hydrogen-bond donors (Lipinski definition) is 2. The second-order valence-electron chi connectivity index (χ2n) is 3.23. The minimum Gasteiger partial charge on any atom is -0.385 e. The van der Waals surface area contributed by atoms with E-state index in [9.17, 15) is 0 Å². The van der Waals surface area contributed by atoms with Crippen LogP contribution in [0.2, 0.25) is 0 Å². The van der Waals surface area contributed by atoms with Crippen molar-refractivity contribution in [3.05, 3.63) is 0 Å². The molecule has 1 aliphatic rings. The molecule has 1 fully saturated rings. The molecule has 12 heavy (non-hydrogen) atoms. The van der Waals surface area contributed by atoms with Gasteiger partial charge in [-0.25, -0.2) is 0 Å². The highest BCUT2D eigenvalue weighted by Crippen LogP contribution is 2.14. The fourth-order valence-corrected chi connectivity index (χ4v) is 1.55. The van der Waals surface area contributed by atoms with Crippen molar-refractivity contribution in [3.63, 3.8) is 0 Å². The highest BCUT2D eigenvalue weighted by Gasteiger charge is 2.20. The van der Waals surface area contributed by atoms with Crippen LogP contribution in [0.4, 0.5) is 0 Å². The minimum absolute atomic E-state index is 0.290. The average molecular weight is 169 g/mol. The number of nitrogens with zero attached hydrogens (tertiary/aromatic N) is 3. The molecule has 0 aromatic carbocycles. The molecule has 0 bridgehead atoms. The molecule has 1 atom stereocenters. The Kier molecular flexibility index (Phi) is 3.16. The van der Waals surface area contributed by atoms with Gasteiger partial charge in [0.25, 0.3) is 0 Å². The summed E-state index contributed by atoms with van der Waals surface area (Å²) in [7, 11) is 2.07. The van der Waals surface area contributed by atoms with Gasteiger partial charge in [0.1, 0.15) is 5.84 Å². The molecule has 1 heterocycles. The number of amidine groups is 1. The second-order valence-corrected chi connectivity index (χ2v) is 3.23.